The van der Waals surface area contributed by atoms with Crippen molar-refractivity contribution in [2.45, 2.75) is 13.0 Å². The van der Waals surface area contributed by atoms with E-state index in [1.165, 1.54) is 6.20 Å². The monoisotopic (exact) mass is 162 g/mol. The van der Waals surface area contributed by atoms with E-state index in [1.807, 2.05) is 6.92 Å². The summed E-state index contributed by atoms with van der Waals surface area (Å²) < 4.78 is 0. The predicted octanol–water partition coefficient (Wildman–Crippen LogP) is 0.492. The SMILES string of the molecule is C#CC(C)Nc1nccnc1N. The van der Waals surface area contributed by atoms with Crippen molar-refractivity contribution in [3.8, 4) is 12.3 Å². The molecule has 0 aliphatic heterocycles. The molecule has 0 aliphatic carbocycles. The first-order valence-electron chi connectivity index (χ1n) is 3.53. The summed E-state index contributed by atoms with van der Waals surface area (Å²) in [5, 5.41) is 2.93. The van der Waals surface area contributed by atoms with E-state index in [2.05, 4.69) is 21.2 Å². The van der Waals surface area contributed by atoms with E-state index >= 15 is 0 Å². The van der Waals surface area contributed by atoms with E-state index in [4.69, 9.17) is 12.2 Å². The lowest BCUT2D eigenvalue weighted by atomic mass is 10.3. The summed E-state index contributed by atoms with van der Waals surface area (Å²) in [6.45, 7) is 1.84. The molecule has 0 saturated carbocycles. The Labute approximate surface area is 71.2 Å². The largest absolute Gasteiger partial charge is 0.381 e. The molecule has 4 heteroatoms. The van der Waals surface area contributed by atoms with Crippen LogP contribution in [0.2, 0.25) is 0 Å². The highest BCUT2D eigenvalue weighted by atomic mass is 15.1. The van der Waals surface area contributed by atoms with Crippen LogP contribution in [0.5, 0.6) is 0 Å². The lowest BCUT2D eigenvalue weighted by molar-refractivity contribution is 1.01. The van der Waals surface area contributed by atoms with Crippen LogP contribution in [0.1, 0.15) is 6.92 Å². The van der Waals surface area contributed by atoms with Gasteiger partial charge in [0.1, 0.15) is 0 Å². The third kappa shape index (κ3) is 1.86. The molecule has 0 bridgehead atoms. The van der Waals surface area contributed by atoms with Gasteiger partial charge in [-0.05, 0) is 6.92 Å². The Morgan fingerprint density at radius 3 is 2.83 bits per heavy atom. The van der Waals surface area contributed by atoms with E-state index in [0.717, 1.165) is 0 Å². The quantitative estimate of drug-likeness (QED) is 0.621. The molecule has 4 nitrogen and oxygen atoms in total. The molecule has 62 valence electrons. The molecule has 12 heavy (non-hydrogen) atoms. The molecule has 1 aromatic rings. The van der Waals surface area contributed by atoms with E-state index in [1.54, 1.807) is 6.20 Å². The van der Waals surface area contributed by atoms with Crippen molar-refractivity contribution in [2.24, 2.45) is 0 Å². The summed E-state index contributed by atoms with van der Waals surface area (Å²) in [6, 6.07) is -0.0935. The molecule has 0 fully saturated rings. The van der Waals surface area contributed by atoms with Crippen molar-refractivity contribution in [2.75, 3.05) is 11.1 Å². The Kier molecular flexibility index (Phi) is 2.49. The molecule has 3 N–H and O–H groups in total. The van der Waals surface area contributed by atoms with E-state index < -0.39 is 0 Å². The number of nitrogens with two attached hydrogens (primary N) is 1. The van der Waals surface area contributed by atoms with Crippen LogP contribution in [0.4, 0.5) is 11.6 Å². The van der Waals surface area contributed by atoms with Gasteiger partial charge in [-0.25, -0.2) is 9.97 Å². The molecule has 1 atom stereocenters. The highest BCUT2D eigenvalue weighted by Crippen LogP contribution is 2.09. The van der Waals surface area contributed by atoms with Crippen LogP contribution in [-0.2, 0) is 0 Å². The third-order valence-electron chi connectivity index (χ3n) is 1.33. The lowest BCUT2D eigenvalue weighted by Crippen LogP contribution is -2.15. The normalized spacial score (nSPS) is 11.7. The number of terminal acetylenes is 1. The van der Waals surface area contributed by atoms with Crippen molar-refractivity contribution in [1.82, 2.24) is 9.97 Å². The minimum Gasteiger partial charge on any atom is -0.381 e. The van der Waals surface area contributed by atoms with E-state index in [9.17, 15) is 0 Å². The third-order valence-corrected chi connectivity index (χ3v) is 1.33. The number of nitrogens with one attached hydrogen (secondary N) is 1. The van der Waals surface area contributed by atoms with Gasteiger partial charge in [-0.15, -0.1) is 6.42 Å². The first-order chi connectivity index (χ1) is 5.74. The fourth-order valence-electron chi connectivity index (χ4n) is 0.707. The average molecular weight is 162 g/mol. The molecule has 1 aromatic heterocycles. The molecular weight excluding hydrogens is 152 g/mol. The molecule has 0 aliphatic rings. The van der Waals surface area contributed by atoms with Gasteiger partial charge < -0.3 is 11.1 Å². The molecule has 0 spiro atoms. The Balaban J connectivity index is 2.77. The molecule has 0 aromatic carbocycles. The molecule has 1 rings (SSSR count). The highest BCUT2D eigenvalue weighted by Gasteiger charge is 2.02. The van der Waals surface area contributed by atoms with Gasteiger partial charge in [0.25, 0.3) is 0 Å². The molecular formula is C8H10N4. The topological polar surface area (TPSA) is 63.8 Å². The minimum absolute atomic E-state index is 0.0935. The zero-order chi connectivity index (χ0) is 8.97. The smallest absolute Gasteiger partial charge is 0.169 e. The van der Waals surface area contributed by atoms with Crippen LogP contribution in [0.3, 0.4) is 0 Å². The minimum atomic E-state index is -0.0935. The summed E-state index contributed by atoms with van der Waals surface area (Å²) in [7, 11) is 0. The van der Waals surface area contributed by atoms with Crippen molar-refractivity contribution in [1.29, 1.82) is 0 Å². The fraction of sp³-hybridized carbons (Fsp3) is 0.250. The number of aromatic nitrogens is 2. The van der Waals surface area contributed by atoms with Crippen molar-refractivity contribution in [3.05, 3.63) is 12.4 Å². The number of anilines is 2. The van der Waals surface area contributed by atoms with Crippen molar-refractivity contribution in [3.63, 3.8) is 0 Å². The summed E-state index contributed by atoms with van der Waals surface area (Å²) in [5.41, 5.74) is 5.52. The van der Waals surface area contributed by atoms with Gasteiger partial charge in [-0.3, -0.25) is 0 Å². The van der Waals surface area contributed by atoms with Crippen LogP contribution in [0.15, 0.2) is 12.4 Å². The van der Waals surface area contributed by atoms with E-state index in [-0.39, 0.29) is 6.04 Å². The molecule has 1 unspecified atom stereocenters. The fourth-order valence-corrected chi connectivity index (χ4v) is 0.707. The Morgan fingerprint density at radius 2 is 2.25 bits per heavy atom. The summed E-state index contributed by atoms with van der Waals surface area (Å²) in [6.07, 6.45) is 8.25. The van der Waals surface area contributed by atoms with Crippen molar-refractivity contribution >= 4 is 11.6 Å². The van der Waals surface area contributed by atoms with Gasteiger partial charge in [0.05, 0.1) is 6.04 Å². The first-order valence-corrected chi connectivity index (χ1v) is 3.53. The Bertz CT molecular complexity index is 302. The van der Waals surface area contributed by atoms with E-state index in [0.29, 0.717) is 11.6 Å². The summed E-state index contributed by atoms with van der Waals surface area (Å²) in [4.78, 5) is 7.82. The second-order valence-corrected chi connectivity index (χ2v) is 2.32. The van der Waals surface area contributed by atoms with Gasteiger partial charge in [0.15, 0.2) is 11.6 Å². The highest BCUT2D eigenvalue weighted by molar-refractivity contribution is 5.56. The Morgan fingerprint density at radius 1 is 1.58 bits per heavy atom. The molecule has 0 amide bonds. The maximum absolute atomic E-state index is 5.52. The molecule has 1 heterocycles. The molecule has 0 saturated heterocycles. The van der Waals surface area contributed by atoms with Gasteiger partial charge in [-0.1, -0.05) is 5.92 Å². The number of nitrogens with zero attached hydrogens (tertiary/aromatic N) is 2. The van der Waals surface area contributed by atoms with Gasteiger partial charge in [0.2, 0.25) is 0 Å². The Hall–Kier alpha value is -1.76. The van der Waals surface area contributed by atoms with Crippen LogP contribution < -0.4 is 11.1 Å². The van der Waals surface area contributed by atoms with Crippen LogP contribution in [0, 0.1) is 12.3 Å². The number of hydrogen-bond donors (Lipinski definition) is 2. The lowest BCUT2D eigenvalue weighted by Gasteiger charge is -2.08. The number of hydrogen-bond acceptors (Lipinski definition) is 4. The van der Waals surface area contributed by atoms with Crippen LogP contribution >= 0.6 is 0 Å². The number of nitrogen functional groups attached to an aromatic ring is 1. The second-order valence-electron chi connectivity index (χ2n) is 2.32. The maximum Gasteiger partial charge on any atom is 0.169 e. The second kappa shape index (κ2) is 3.58. The average Bonchev–Trinajstić information content (AvgIpc) is 2.09. The van der Waals surface area contributed by atoms with Crippen LogP contribution in [-0.4, -0.2) is 16.0 Å². The standard InChI is InChI=1S/C8H10N4/c1-3-6(2)12-8-7(9)10-4-5-11-8/h1,4-6H,2H3,(H2,9,10)(H,11,12). The predicted molar refractivity (Wildman–Crippen MR) is 48.4 cm³/mol. The summed E-state index contributed by atoms with van der Waals surface area (Å²) >= 11 is 0. The molecule has 0 radical (unpaired) electrons. The first kappa shape index (κ1) is 8.34. The van der Waals surface area contributed by atoms with Crippen LogP contribution in [0.25, 0.3) is 0 Å². The van der Waals surface area contributed by atoms with Crippen molar-refractivity contribution < 1.29 is 0 Å². The summed E-state index contributed by atoms with van der Waals surface area (Å²) in [5.74, 6) is 3.40. The maximum atomic E-state index is 5.52. The van der Waals surface area contributed by atoms with Gasteiger partial charge >= 0.3 is 0 Å². The zero-order valence-corrected chi connectivity index (χ0v) is 6.78. The number of rotatable bonds is 2. The van der Waals surface area contributed by atoms with Gasteiger partial charge in [0, 0.05) is 12.4 Å². The zero-order valence-electron chi connectivity index (χ0n) is 6.78. The van der Waals surface area contributed by atoms with Gasteiger partial charge in [-0.2, -0.15) is 0 Å².